The minimum atomic E-state index is -0.241. The predicted octanol–water partition coefficient (Wildman–Crippen LogP) is 2.93. The summed E-state index contributed by atoms with van der Waals surface area (Å²) in [4.78, 5) is 26.8. The van der Waals surface area contributed by atoms with Gasteiger partial charge in [0.15, 0.2) is 16.7 Å². The monoisotopic (exact) mass is 397 g/mol. The Morgan fingerprint density at radius 2 is 2.11 bits per heavy atom. The first-order valence-corrected chi connectivity index (χ1v) is 9.80. The molecule has 1 aromatic carbocycles. The van der Waals surface area contributed by atoms with Gasteiger partial charge in [-0.3, -0.25) is 9.59 Å². The molecule has 144 valence electrons. The number of anilines is 2. The van der Waals surface area contributed by atoms with Crippen LogP contribution in [0.5, 0.6) is 0 Å². The molecule has 0 radical (unpaired) electrons. The Hall–Kier alpha value is -3.07. The fourth-order valence-electron chi connectivity index (χ4n) is 3.22. The van der Waals surface area contributed by atoms with Gasteiger partial charge < -0.3 is 19.2 Å². The topological polar surface area (TPSA) is 93.3 Å². The molecule has 1 N–H and O–H groups in total. The van der Waals surface area contributed by atoms with Gasteiger partial charge in [-0.25, -0.2) is 0 Å². The number of nitrogens with one attached hydrogen (secondary N) is 1. The number of hydrogen-bond acceptors (Lipinski definition) is 6. The smallest absolute Gasteiger partial charge is 0.237 e. The predicted molar refractivity (Wildman–Crippen MR) is 106 cm³/mol. The Morgan fingerprint density at radius 3 is 2.89 bits per heavy atom. The van der Waals surface area contributed by atoms with E-state index in [2.05, 4.69) is 15.5 Å². The second-order valence-electron chi connectivity index (χ2n) is 6.51. The van der Waals surface area contributed by atoms with Crippen LogP contribution < -0.4 is 10.2 Å². The summed E-state index contributed by atoms with van der Waals surface area (Å²) in [6, 6.07) is 10.7. The molecular formula is C19H19N5O3S. The maximum Gasteiger partial charge on any atom is 0.237 e. The van der Waals surface area contributed by atoms with Crippen LogP contribution in [0.2, 0.25) is 0 Å². The van der Waals surface area contributed by atoms with Crippen LogP contribution in [0.4, 0.5) is 11.4 Å². The van der Waals surface area contributed by atoms with E-state index < -0.39 is 0 Å². The van der Waals surface area contributed by atoms with Crippen LogP contribution in [0.15, 0.2) is 52.2 Å². The fourth-order valence-corrected chi connectivity index (χ4v) is 3.99. The van der Waals surface area contributed by atoms with Crippen molar-refractivity contribution in [1.82, 2.24) is 14.8 Å². The molecule has 0 fully saturated rings. The quantitative estimate of drug-likeness (QED) is 0.681. The minimum Gasteiger partial charge on any atom is -0.461 e. The number of aromatic nitrogens is 3. The number of hydrogen-bond donors (Lipinski definition) is 1. The van der Waals surface area contributed by atoms with Crippen LogP contribution in [-0.2, 0) is 16.6 Å². The highest BCUT2D eigenvalue weighted by Gasteiger charge is 2.29. The maximum atomic E-state index is 13.0. The zero-order valence-electron chi connectivity index (χ0n) is 15.5. The first-order chi connectivity index (χ1) is 13.5. The molecule has 28 heavy (non-hydrogen) atoms. The zero-order chi connectivity index (χ0) is 19.7. The van der Waals surface area contributed by atoms with Crippen molar-refractivity contribution in [2.45, 2.75) is 24.5 Å². The van der Waals surface area contributed by atoms with Crippen molar-refractivity contribution in [3.05, 3.63) is 42.7 Å². The van der Waals surface area contributed by atoms with Crippen LogP contribution >= 0.6 is 11.8 Å². The molecule has 1 aliphatic heterocycles. The molecule has 1 unspecified atom stereocenters. The van der Waals surface area contributed by atoms with E-state index in [4.69, 9.17) is 4.42 Å². The molecule has 2 amide bonds. The highest BCUT2D eigenvalue weighted by Crippen LogP contribution is 2.32. The Bertz CT molecular complexity index is 1010. The molecule has 1 atom stereocenters. The number of rotatable bonds is 4. The number of fused-ring (bicyclic) bond motifs is 1. The van der Waals surface area contributed by atoms with Crippen molar-refractivity contribution >= 4 is 35.0 Å². The van der Waals surface area contributed by atoms with E-state index in [1.54, 1.807) is 27.9 Å². The number of thioether (sulfide) groups is 1. The Labute approximate surface area is 165 Å². The van der Waals surface area contributed by atoms with Gasteiger partial charge in [0.05, 0.1) is 23.4 Å². The average molecular weight is 397 g/mol. The average Bonchev–Trinajstić information content (AvgIpc) is 3.28. The normalized spacial score (nSPS) is 16.4. The van der Waals surface area contributed by atoms with Gasteiger partial charge in [0, 0.05) is 19.5 Å². The number of furan rings is 1. The Balaban J connectivity index is 1.53. The van der Waals surface area contributed by atoms with Gasteiger partial charge in [-0.15, -0.1) is 10.2 Å². The third-order valence-corrected chi connectivity index (χ3v) is 5.53. The standard InChI is InChI=1S/C19H19N5O3S/c1-12-10-16(25)20-13-6-3-4-7-14(13)24(12)17(26)11-28-19-22-21-18(23(19)2)15-8-5-9-27-15/h3-9,12H,10-11H2,1-2H3,(H,20,25). The lowest BCUT2D eigenvalue weighted by atomic mass is 10.2. The molecule has 2 aromatic heterocycles. The molecule has 0 saturated heterocycles. The van der Waals surface area contributed by atoms with E-state index in [1.165, 1.54) is 11.8 Å². The summed E-state index contributed by atoms with van der Waals surface area (Å²) in [5.74, 6) is 1.20. The molecule has 0 saturated carbocycles. The summed E-state index contributed by atoms with van der Waals surface area (Å²) in [5, 5.41) is 11.8. The van der Waals surface area contributed by atoms with Gasteiger partial charge >= 0.3 is 0 Å². The number of carbonyl (C=O) groups excluding carboxylic acids is 2. The SMILES string of the molecule is CC1CC(=O)Nc2ccccc2N1C(=O)CSc1nnc(-c2ccco2)n1C. The van der Waals surface area contributed by atoms with Gasteiger partial charge in [0.25, 0.3) is 0 Å². The Morgan fingerprint density at radius 1 is 1.29 bits per heavy atom. The second-order valence-corrected chi connectivity index (χ2v) is 7.46. The fraction of sp³-hybridized carbons (Fsp3) is 0.263. The number of carbonyl (C=O) groups is 2. The van der Waals surface area contributed by atoms with E-state index in [-0.39, 0.29) is 30.0 Å². The first-order valence-electron chi connectivity index (χ1n) is 8.81. The van der Waals surface area contributed by atoms with E-state index in [9.17, 15) is 9.59 Å². The number of nitrogens with zero attached hydrogens (tertiary/aromatic N) is 4. The Kier molecular flexibility index (Phi) is 4.91. The van der Waals surface area contributed by atoms with E-state index in [0.29, 0.717) is 28.1 Å². The molecule has 0 spiro atoms. The van der Waals surface area contributed by atoms with E-state index >= 15 is 0 Å². The lowest BCUT2D eigenvalue weighted by Gasteiger charge is -2.27. The molecule has 0 bridgehead atoms. The summed E-state index contributed by atoms with van der Waals surface area (Å²) in [5.41, 5.74) is 1.36. The molecule has 3 aromatic rings. The molecule has 1 aliphatic rings. The zero-order valence-corrected chi connectivity index (χ0v) is 16.3. The lowest BCUT2D eigenvalue weighted by molar-refractivity contribution is -0.117. The number of benzene rings is 1. The first kappa shape index (κ1) is 18.3. The van der Waals surface area contributed by atoms with E-state index in [1.807, 2.05) is 38.2 Å². The molecule has 9 heteroatoms. The second kappa shape index (κ2) is 7.51. The van der Waals surface area contributed by atoms with Crippen molar-refractivity contribution in [3.63, 3.8) is 0 Å². The third-order valence-electron chi connectivity index (χ3n) is 4.53. The van der Waals surface area contributed by atoms with Crippen molar-refractivity contribution in [2.24, 2.45) is 7.05 Å². The van der Waals surface area contributed by atoms with Crippen molar-refractivity contribution < 1.29 is 14.0 Å². The molecule has 8 nitrogen and oxygen atoms in total. The van der Waals surface area contributed by atoms with Crippen molar-refractivity contribution in [2.75, 3.05) is 16.0 Å². The van der Waals surface area contributed by atoms with E-state index in [0.717, 1.165) is 0 Å². The summed E-state index contributed by atoms with van der Waals surface area (Å²) >= 11 is 1.30. The number of amides is 2. The van der Waals surface area contributed by atoms with Crippen LogP contribution in [-0.4, -0.2) is 38.4 Å². The van der Waals surface area contributed by atoms with Gasteiger partial charge in [-0.2, -0.15) is 0 Å². The van der Waals surface area contributed by atoms with Gasteiger partial charge in [0.1, 0.15) is 0 Å². The summed E-state index contributed by atoms with van der Waals surface area (Å²) in [6.07, 6.45) is 1.82. The minimum absolute atomic E-state index is 0.0935. The molecular weight excluding hydrogens is 378 g/mol. The van der Waals surface area contributed by atoms with Crippen LogP contribution in [0, 0.1) is 0 Å². The molecule has 4 rings (SSSR count). The highest BCUT2D eigenvalue weighted by molar-refractivity contribution is 7.99. The van der Waals surface area contributed by atoms with Crippen molar-refractivity contribution in [1.29, 1.82) is 0 Å². The van der Waals surface area contributed by atoms with Gasteiger partial charge in [-0.05, 0) is 31.2 Å². The summed E-state index contributed by atoms with van der Waals surface area (Å²) < 4.78 is 7.16. The largest absolute Gasteiger partial charge is 0.461 e. The van der Waals surface area contributed by atoms with Crippen LogP contribution in [0.25, 0.3) is 11.6 Å². The summed E-state index contributed by atoms with van der Waals surface area (Å²) in [6.45, 7) is 1.88. The van der Waals surface area contributed by atoms with Crippen LogP contribution in [0.1, 0.15) is 13.3 Å². The maximum absolute atomic E-state index is 13.0. The molecule has 0 aliphatic carbocycles. The molecule has 3 heterocycles. The number of para-hydroxylation sites is 2. The van der Waals surface area contributed by atoms with Gasteiger partial charge in [-0.1, -0.05) is 23.9 Å². The van der Waals surface area contributed by atoms with Gasteiger partial charge in [0.2, 0.25) is 11.8 Å². The lowest BCUT2D eigenvalue weighted by Crippen LogP contribution is -2.40. The third kappa shape index (κ3) is 3.40. The highest BCUT2D eigenvalue weighted by atomic mass is 32.2. The van der Waals surface area contributed by atoms with Crippen LogP contribution in [0.3, 0.4) is 0 Å². The van der Waals surface area contributed by atoms with Crippen molar-refractivity contribution in [3.8, 4) is 11.6 Å². The summed E-state index contributed by atoms with van der Waals surface area (Å²) in [7, 11) is 1.83.